The highest BCUT2D eigenvalue weighted by Crippen LogP contribution is 2.65. The number of rotatable bonds is 3. The van der Waals surface area contributed by atoms with Crippen LogP contribution in [0.2, 0.25) is 0 Å². The molecule has 0 aromatic heterocycles. The first kappa shape index (κ1) is 9.21. The van der Waals surface area contributed by atoms with E-state index in [2.05, 4.69) is 25.7 Å². The van der Waals surface area contributed by atoms with Gasteiger partial charge in [0.1, 0.15) is 0 Å². The van der Waals surface area contributed by atoms with Crippen LogP contribution in [-0.4, -0.2) is 23.5 Å². The van der Waals surface area contributed by atoms with Crippen LogP contribution < -0.4 is 0 Å². The molecule has 1 saturated carbocycles. The van der Waals surface area contributed by atoms with Crippen molar-refractivity contribution in [1.29, 1.82) is 0 Å². The van der Waals surface area contributed by atoms with E-state index in [4.69, 9.17) is 0 Å². The van der Waals surface area contributed by atoms with Gasteiger partial charge in [0.05, 0.1) is 0 Å². The van der Waals surface area contributed by atoms with Crippen molar-refractivity contribution in [3.8, 4) is 0 Å². The average molecular weight is 193 g/mol. The summed E-state index contributed by atoms with van der Waals surface area (Å²) >= 11 is 0. The number of piperidine rings is 1. The third-order valence-electron chi connectivity index (χ3n) is 5.98. The molecule has 0 amide bonds. The Morgan fingerprint density at radius 2 is 2.07 bits per heavy atom. The maximum Gasteiger partial charge on any atom is 0.0369 e. The molecule has 1 heteroatoms. The van der Waals surface area contributed by atoms with E-state index in [-0.39, 0.29) is 0 Å². The summed E-state index contributed by atoms with van der Waals surface area (Å²) < 4.78 is 0. The first-order chi connectivity index (χ1) is 6.66. The normalized spacial score (nSPS) is 49.5. The number of hydrogen-bond donors (Lipinski definition) is 0. The van der Waals surface area contributed by atoms with E-state index < -0.39 is 0 Å². The molecule has 3 aliphatic rings. The van der Waals surface area contributed by atoms with Crippen LogP contribution in [0.15, 0.2) is 0 Å². The van der Waals surface area contributed by atoms with Gasteiger partial charge >= 0.3 is 0 Å². The highest BCUT2D eigenvalue weighted by atomic mass is 15.4. The molecule has 2 aliphatic heterocycles. The molecular formula is C13H23N. The maximum atomic E-state index is 2.76. The molecule has 14 heavy (non-hydrogen) atoms. The zero-order valence-corrected chi connectivity index (χ0v) is 9.84. The second-order valence-corrected chi connectivity index (χ2v) is 6.10. The van der Waals surface area contributed by atoms with Crippen molar-refractivity contribution in [2.24, 2.45) is 17.3 Å². The standard InChI is InChI=1S/C13H23N/c1-4-12(3,5-2)11-8-14-9-13(14)7-6-10(11)13/h10-11H,4-9H2,1-3H3. The molecule has 0 N–H and O–H groups in total. The number of hydrogen-bond acceptors (Lipinski definition) is 1. The number of nitrogens with zero attached hydrogens (tertiary/aromatic N) is 1. The fraction of sp³-hybridized carbons (Fsp3) is 1.00. The SMILES string of the molecule is CCC(C)(CC)C1CN2CC23CCC13. The van der Waals surface area contributed by atoms with Crippen LogP contribution in [0.3, 0.4) is 0 Å². The Hall–Kier alpha value is -0.0400. The van der Waals surface area contributed by atoms with Gasteiger partial charge in [-0.25, -0.2) is 0 Å². The Labute approximate surface area is 87.9 Å². The third kappa shape index (κ3) is 0.856. The van der Waals surface area contributed by atoms with Gasteiger partial charge in [0.25, 0.3) is 0 Å². The van der Waals surface area contributed by atoms with Crippen molar-refractivity contribution in [2.75, 3.05) is 13.1 Å². The van der Waals surface area contributed by atoms with Crippen molar-refractivity contribution < 1.29 is 0 Å². The predicted octanol–water partition coefficient (Wildman–Crippen LogP) is 2.91. The highest BCUT2D eigenvalue weighted by Gasteiger charge is 2.70. The van der Waals surface area contributed by atoms with Crippen LogP contribution in [0, 0.1) is 17.3 Å². The van der Waals surface area contributed by atoms with E-state index in [1.54, 1.807) is 0 Å². The molecule has 80 valence electrons. The Balaban J connectivity index is 1.81. The van der Waals surface area contributed by atoms with Crippen LogP contribution >= 0.6 is 0 Å². The van der Waals surface area contributed by atoms with Gasteiger partial charge < -0.3 is 0 Å². The fourth-order valence-electron chi connectivity index (χ4n) is 4.20. The lowest BCUT2D eigenvalue weighted by Gasteiger charge is -2.44. The van der Waals surface area contributed by atoms with E-state index in [0.717, 1.165) is 17.4 Å². The molecule has 2 heterocycles. The molecule has 0 radical (unpaired) electrons. The quantitative estimate of drug-likeness (QED) is 0.623. The van der Waals surface area contributed by atoms with Crippen LogP contribution in [0.5, 0.6) is 0 Å². The monoisotopic (exact) mass is 193 g/mol. The van der Waals surface area contributed by atoms with Crippen molar-refractivity contribution in [2.45, 2.75) is 52.0 Å². The summed E-state index contributed by atoms with van der Waals surface area (Å²) in [5.41, 5.74) is 1.39. The maximum absolute atomic E-state index is 2.76. The molecule has 1 spiro atoms. The average Bonchev–Trinajstić information content (AvgIpc) is 2.86. The van der Waals surface area contributed by atoms with Gasteiger partial charge in [0.2, 0.25) is 0 Å². The lowest BCUT2D eigenvalue weighted by atomic mass is 9.59. The van der Waals surface area contributed by atoms with Gasteiger partial charge in [0.15, 0.2) is 0 Å². The molecule has 4 unspecified atom stereocenters. The van der Waals surface area contributed by atoms with E-state index in [1.807, 2.05) is 0 Å². The summed E-state index contributed by atoms with van der Waals surface area (Å²) in [6.07, 6.45) is 5.78. The first-order valence-electron chi connectivity index (χ1n) is 6.41. The van der Waals surface area contributed by atoms with Gasteiger partial charge in [0, 0.05) is 18.6 Å². The van der Waals surface area contributed by atoms with E-state index in [0.29, 0.717) is 5.41 Å². The molecular weight excluding hydrogens is 170 g/mol. The molecule has 3 fully saturated rings. The van der Waals surface area contributed by atoms with Gasteiger partial charge in [-0.2, -0.15) is 0 Å². The third-order valence-corrected chi connectivity index (χ3v) is 5.98. The molecule has 4 atom stereocenters. The Morgan fingerprint density at radius 1 is 1.36 bits per heavy atom. The summed E-state index contributed by atoms with van der Waals surface area (Å²) in [6, 6.07) is 0. The van der Waals surface area contributed by atoms with Crippen LogP contribution in [0.4, 0.5) is 0 Å². The minimum Gasteiger partial charge on any atom is -0.294 e. The lowest BCUT2D eigenvalue weighted by Crippen LogP contribution is -2.43. The zero-order chi connectivity index (χ0) is 9.97. The van der Waals surface area contributed by atoms with Crippen molar-refractivity contribution >= 4 is 0 Å². The van der Waals surface area contributed by atoms with Gasteiger partial charge in [-0.05, 0) is 30.1 Å². The van der Waals surface area contributed by atoms with Crippen molar-refractivity contribution in [1.82, 2.24) is 4.90 Å². The Morgan fingerprint density at radius 3 is 2.50 bits per heavy atom. The molecule has 1 aliphatic carbocycles. The highest BCUT2D eigenvalue weighted by molar-refractivity contribution is 5.25. The molecule has 0 bridgehead atoms. The van der Waals surface area contributed by atoms with Crippen molar-refractivity contribution in [3.63, 3.8) is 0 Å². The van der Waals surface area contributed by atoms with Crippen LogP contribution in [-0.2, 0) is 0 Å². The largest absolute Gasteiger partial charge is 0.294 e. The lowest BCUT2D eigenvalue weighted by molar-refractivity contribution is 0.0731. The van der Waals surface area contributed by atoms with Crippen molar-refractivity contribution in [3.05, 3.63) is 0 Å². The molecule has 0 aromatic carbocycles. The topological polar surface area (TPSA) is 3.01 Å². The summed E-state index contributed by atoms with van der Waals surface area (Å²) in [7, 11) is 0. The molecule has 1 nitrogen and oxygen atoms in total. The summed E-state index contributed by atoms with van der Waals surface area (Å²) in [5, 5.41) is 0. The molecule has 2 saturated heterocycles. The summed E-state index contributed by atoms with van der Waals surface area (Å²) in [4.78, 5) is 2.76. The summed E-state index contributed by atoms with van der Waals surface area (Å²) in [6.45, 7) is 10.2. The van der Waals surface area contributed by atoms with E-state index in [9.17, 15) is 0 Å². The predicted molar refractivity (Wildman–Crippen MR) is 59.2 cm³/mol. The molecule has 3 rings (SSSR count). The minimum atomic E-state index is 0.630. The van der Waals surface area contributed by atoms with E-state index in [1.165, 1.54) is 38.8 Å². The second-order valence-electron chi connectivity index (χ2n) is 6.10. The molecule has 0 aromatic rings. The second kappa shape index (κ2) is 2.55. The Bertz CT molecular complexity index is 252. The zero-order valence-electron chi connectivity index (χ0n) is 9.84. The minimum absolute atomic E-state index is 0.630. The first-order valence-corrected chi connectivity index (χ1v) is 6.41. The van der Waals surface area contributed by atoms with Gasteiger partial charge in [-0.15, -0.1) is 0 Å². The summed E-state index contributed by atoms with van der Waals surface area (Å²) in [5.74, 6) is 2.09. The smallest absolute Gasteiger partial charge is 0.0369 e. The van der Waals surface area contributed by atoms with Gasteiger partial charge in [-0.3, -0.25) is 4.90 Å². The van der Waals surface area contributed by atoms with E-state index >= 15 is 0 Å². The fourth-order valence-corrected chi connectivity index (χ4v) is 4.20. The van der Waals surface area contributed by atoms with Gasteiger partial charge in [-0.1, -0.05) is 33.6 Å². The van der Waals surface area contributed by atoms with Crippen LogP contribution in [0.1, 0.15) is 46.5 Å². The Kier molecular flexibility index (Phi) is 1.68. The van der Waals surface area contributed by atoms with Crippen LogP contribution in [0.25, 0.3) is 0 Å².